The first-order valence-corrected chi connectivity index (χ1v) is 6.29. The minimum Gasteiger partial charge on any atom is -0.383 e. The molecule has 0 aliphatic carbocycles. The van der Waals surface area contributed by atoms with Crippen LogP contribution < -0.4 is 32.1 Å². The van der Waals surface area contributed by atoms with Crippen molar-refractivity contribution in [2.45, 2.75) is 0 Å². The fourth-order valence-corrected chi connectivity index (χ4v) is 1.76. The summed E-state index contributed by atoms with van der Waals surface area (Å²) in [5.41, 5.74) is 8.78. The summed E-state index contributed by atoms with van der Waals surface area (Å²) in [4.78, 5) is 29.3. The lowest BCUT2D eigenvalue weighted by Gasteiger charge is -2.09. The second-order valence-corrected chi connectivity index (χ2v) is 4.22. The molecule has 0 aliphatic heterocycles. The van der Waals surface area contributed by atoms with Crippen LogP contribution in [0.1, 0.15) is 0 Å². The van der Waals surface area contributed by atoms with Gasteiger partial charge in [0.2, 0.25) is 0 Å². The largest absolute Gasteiger partial charge is 0.456 e. The standard InChI is InChI=1S/C8H9N6O5P/c9-5-1-3-13(7(15)11-5)18-20(17)19-14-4-2-6(10)12-8(14)16/h1-4,20H,(H2,9,11,15)(H2,10,12,16). The maximum atomic E-state index is 11.6. The number of hydrogen-bond donors (Lipinski definition) is 2. The van der Waals surface area contributed by atoms with E-state index in [0.29, 0.717) is 9.46 Å². The van der Waals surface area contributed by atoms with Crippen molar-refractivity contribution in [1.29, 1.82) is 0 Å². The van der Waals surface area contributed by atoms with Crippen LogP contribution in [0.5, 0.6) is 0 Å². The molecule has 106 valence electrons. The Bertz CT molecular complexity index is 707. The van der Waals surface area contributed by atoms with Crippen LogP contribution in [0.4, 0.5) is 11.6 Å². The number of rotatable bonds is 4. The highest BCUT2D eigenvalue weighted by Crippen LogP contribution is 2.13. The average molecular weight is 300 g/mol. The van der Waals surface area contributed by atoms with E-state index in [0.717, 1.165) is 12.4 Å². The highest BCUT2D eigenvalue weighted by molar-refractivity contribution is 7.33. The molecule has 2 rings (SSSR count). The lowest BCUT2D eigenvalue weighted by atomic mass is 10.6. The van der Waals surface area contributed by atoms with Crippen molar-refractivity contribution >= 4 is 19.9 Å². The number of nitrogen functional groups attached to an aromatic ring is 2. The maximum Gasteiger partial charge on any atom is 0.456 e. The Morgan fingerprint density at radius 3 is 1.70 bits per heavy atom. The van der Waals surface area contributed by atoms with Gasteiger partial charge >= 0.3 is 19.6 Å². The van der Waals surface area contributed by atoms with E-state index < -0.39 is 19.6 Å². The topological polar surface area (TPSA) is 157 Å². The van der Waals surface area contributed by atoms with Gasteiger partial charge in [0.15, 0.2) is 0 Å². The highest BCUT2D eigenvalue weighted by atomic mass is 31.1. The molecule has 0 atom stereocenters. The summed E-state index contributed by atoms with van der Waals surface area (Å²) in [6, 6.07) is 2.51. The van der Waals surface area contributed by atoms with E-state index in [-0.39, 0.29) is 11.6 Å². The van der Waals surface area contributed by atoms with Crippen LogP contribution in [-0.2, 0) is 4.57 Å². The Morgan fingerprint density at radius 2 is 1.35 bits per heavy atom. The SMILES string of the molecule is Nc1ccn(O[PH](=O)On2ccc(N)nc2=O)c(=O)n1. The normalized spacial score (nSPS) is 10.4. The van der Waals surface area contributed by atoms with Gasteiger partial charge in [-0.2, -0.15) is 9.97 Å². The molecule has 0 aliphatic rings. The minimum absolute atomic E-state index is 0.0191. The van der Waals surface area contributed by atoms with E-state index in [2.05, 4.69) is 19.2 Å². The summed E-state index contributed by atoms with van der Waals surface area (Å²) in [5.74, 6) is -0.0382. The molecule has 0 saturated heterocycles. The Kier molecular flexibility index (Phi) is 3.71. The third kappa shape index (κ3) is 3.14. The van der Waals surface area contributed by atoms with Crippen molar-refractivity contribution in [2.75, 3.05) is 11.5 Å². The van der Waals surface area contributed by atoms with Crippen molar-refractivity contribution in [2.24, 2.45) is 0 Å². The molecule has 0 spiro atoms. The van der Waals surface area contributed by atoms with Crippen LogP contribution in [-0.4, -0.2) is 19.4 Å². The zero-order valence-electron chi connectivity index (χ0n) is 9.79. The fraction of sp³-hybridized carbons (Fsp3) is 0. The average Bonchev–Trinajstić information content (AvgIpc) is 2.36. The van der Waals surface area contributed by atoms with E-state index in [1.165, 1.54) is 12.1 Å². The first-order valence-electron chi connectivity index (χ1n) is 5.07. The van der Waals surface area contributed by atoms with Crippen molar-refractivity contribution in [1.82, 2.24) is 19.4 Å². The molecule has 20 heavy (non-hydrogen) atoms. The monoisotopic (exact) mass is 300 g/mol. The summed E-state index contributed by atoms with van der Waals surface area (Å²) >= 11 is 0. The van der Waals surface area contributed by atoms with Crippen LogP contribution >= 0.6 is 8.25 Å². The Hall–Kier alpha value is -2.81. The van der Waals surface area contributed by atoms with Gasteiger partial charge in [-0.15, -0.1) is 9.46 Å². The number of anilines is 2. The van der Waals surface area contributed by atoms with Gasteiger partial charge in [-0.1, -0.05) is 0 Å². The van der Waals surface area contributed by atoms with Gasteiger partial charge in [0.25, 0.3) is 0 Å². The third-order valence-electron chi connectivity index (χ3n) is 1.93. The van der Waals surface area contributed by atoms with Gasteiger partial charge in [-0.25, -0.2) is 14.2 Å². The quantitative estimate of drug-likeness (QED) is 0.604. The molecular formula is C8H9N6O5P. The van der Waals surface area contributed by atoms with Crippen LogP contribution in [0, 0.1) is 0 Å². The number of hydrogen-bond acceptors (Lipinski definition) is 9. The second kappa shape index (κ2) is 5.45. The molecular weight excluding hydrogens is 291 g/mol. The number of nitrogens with two attached hydrogens (primary N) is 2. The lowest BCUT2D eigenvalue weighted by Crippen LogP contribution is -2.30. The summed E-state index contributed by atoms with van der Waals surface area (Å²) < 4.78 is 22.0. The molecule has 0 amide bonds. The molecule has 0 fully saturated rings. The third-order valence-corrected chi connectivity index (χ3v) is 2.63. The predicted octanol–water partition coefficient (Wildman–Crippen LogP) is -2.09. The molecule has 2 aromatic heterocycles. The van der Waals surface area contributed by atoms with Crippen molar-refractivity contribution in [3.05, 3.63) is 45.5 Å². The summed E-state index contributed by atoms with van der Waals surface area (Å²) in [5, 5.41) is 0. The molecule has 12 heteroatoms. The van der Waals surface area contributed by atoms with Gasteiger partial charge in [0.05, 0.1) is 12.4 Å². The van der Waals surface area contributed by atoms with E-state index in [1.54, 1.807) is 0 Å². The Labute approximate surface area is 111 Å². The van der Waals surface area contributed by atoms with Gasteiger partial charge in [-0.3, -0.25) is 0 Å². The summed E-state index contributed by atoms with van der Waals surface area (Å²) in [6.45, 7) is 0. The first-order chi connectivity index (χ1) is 9.45. The van der Waals surface area contributed by atoms with Gasteiger partial charge in [-0.05, 0) is 0 Å². The van der Waals surface area contributed by atoms with Crippen LogP contribution in [0.2, 0.25) is 0 Å². The van der Waals surface area contributed by atoms with Gasteiger partial charge in [0, 0.05) is 12.1 Å². The van der Waals surface area contributed by atoms with Gasteiger partial charge < -0.3 is 20.7 Å². The van der Waals surface area contributed by atoms with Crippen molar-refractivity contribution in [3.8, 4) is 0 Å². The van der Waals surface area contributed by atoms with E-state index in [4.69, 9.17) is 11.5 Å². The molecule has 11 nitrogen and oxygen atoms in total. The molecule has 0 unspecified atom stereocenters. The van der Waals surface area contributed by atoms with Crippen LogP contribution in [0.25, 0.3) is 0 Å². The van der Waals surface area contributed by atoms with Crippen molar-refractivity contribution < 1.29 is 13.8 Å². The second-order valence-electron chi connectivity index (χ2n) is 3.35. The van der Waals surface area contributed by atoms with E-state index >= 15 is 0 Å². The highest BCUT2D eigenvalue weighted by Gasteiger charge is 2.08. The van der Waals surface area contributed by atoms with Crippen LogP contribution in [0.15, 0.2) is 34.1 Å². The minimum atomic E-state index is -3.25. The number of nitrogens with zero attached hydrogens (tertiary/aromatic N) is 4. The zero-order valence-corrected chi connectivity index (χ0v) is 10.8. The molecule has 2 aromatic rings. The fourth-order valence-electron chi connectivity index (χ4n) is 1.13. The summed E-state index contributed by atoms with van der Waals surface area (Å²) in [6.07, 6.45) is 2.22. The van der Waals surface area contributed by atoms with Crippen molar-refractivity contribution in [3.63, 3.8) is 0 Å². The molecule has 0 aromatic carbocycles. The first kappa shape index (κ1) is 13.6. The lowest BCUT2D eigenvalue weighted by molar-refractivity contribution is 0.178. The maximum absolute atomic E-state index is 11.6. The molecule has 0 saturated carbocycles. The summed E-state index contributed by atoms with van der Waals surface area (Å²) in [7, 11) is -3.25. The number of aromatic nitrogens is 4. The zero-order chi connectivity index (χ0) is 14.7. The van der Waals surface area contributed by atoms with E-state index in [1.807, 2.05) is 0 Å². The Morgan fingerprint density at radius 1 is 0.950 bits per heavy atom. The predicted molar refractivity (Wildman–Crippen MR) is 68.0 cm³/mol. The van der Waals surface area contributed by atoms with Gasteiger partial charge in [0.1, 0.15) is 11.6 Å². The van der Waals surface area contributed by atoms with E-state index in [9.17, 15) is 14.2 Å². The Balaban J connectivity index is 2.13. The molecule has 4 N–H and O–H groups in total. The van der Waals surface area contributed by atoms with Crippen LogP contribution in [0.3, 0.4) is 0 Å². The molecule has 2 heterocycles. The molecule has 0 radical (unpaired) electrons. The smallest absolute Gasteiger partial charge is 0.383 e. The molecule has 0 bridgehead atoms.